The Morgan fingerprint density at radius 2 is 0.765 bits per heavy atom. The molecule has 0 atom stereocenters. The lowest BCUT2D eigenvalue weighted by Crippen LogP contribution is -2.28. The summed E-state index contributed by atoms with van der Waals surface area (Å²) in [6.07, 6.45) is 0. The highest BCUT2D eigenvalue weighted by Crippen LogP contribution is 2.57. The largest absolute Gasteiger partial charge is 0.310 e. The average Bonchev–Trinajstić information content (AvgIpc) is 4.10. The topological polar surface area (TPSA) is 38.9 Å². The number of anilines is 3. The molecule has 1 aliphatic carbocycles. The maximum Gasteiger partial charge on any atom is 0.168 e. The smallest absolute Gasteiger partial charge is 0.168 e. The van der Waals surface area contributed by atoms with Crippen LogP contribution in [-0.4, -0.2) is 19.3 Å². The Bertz CT molecular complexity index is 3670. The van der Waals surface area contributed by atoms with E-state index in [1.165, 1.54) is 55.2 Å². The number of hydrogen-bond donors (Lipinski definition) is 0. The fourth-order valence-corrected chi connectivity index (χ4v) is 10.8. The van der Waals surface area contributed by atoms with Crippen LogP contribution in [0.5, 0.6) is 0 Å². The van der Waals surface area contributed by atoms with Gasteiger partial charge in [-0.3, -0.25) is 4.57 Å². The van der Waals surface area contributed by atoms with Gasteiger partial charge in [0.15, 0.2) is 11.6 Å². The number of hydrogen-bond acceptors (Lipinski definition) is 3. The van der Waals surface area contributed by atoms with Crippen LogP contribution in [0.4, 0.5) is 17.1 Å². The molecule has 2 heterocycles. The second kappa shape index (κ2) is 16.1. The van der Waals surface area contributed by atoms with Gasteiger partial charge in [0.2, 0.25) is 0 Å². The molecule has 0 radical (unpaired) electrons. The first-order chi connectivity index (χ1) is 33.8. The quantitative estimate of drug-likeness (QED) is 0.145. The number of nitrogens with zero attached hydrogens (tertiary/aromatic N) is 5. The first kappa shape index (κ1) is 39.3. The molecule has 0 aliphatic heterocycles. The fraction of sp³-hybridized carbons (Fsp3) is 0.0159. The minimum absolute atomic E-state index is 0.543. The molecule has 13 rings (SSSR count). The van der Waals surface area contributed by atoms with Gasteiger partial charge in [0.05, 0.1) is 16.4 Å². The van der Waals surface area contributed by atoms with Crippen LogP contribution >= 0.6 is 0 Å². The third-order valence-corrected chi connectivity index (χ3v) is 13.7. The van der Waals surface area contributed by atoms with E-state index in [1.807, 2.05) is 24.3 Å². The SMILES string of the molecule is c1ccc(-c2nnc(-c3ccc(N(c4ccc(-n5c6ccccc6c6ccccc65)cc4)c4ccc5c(c4)C(c4ccccc4)(c4ccccc4)c4ccccc4-5)cc3)n2-c2ccccc2)cc1. The van der Waals surface area contributed by atoms with Gasteiger partial charge in [-0.2, -0.15) is 0 Å². The van der Waals surface area contributed by atoms with Crippen LogP contribution in [-0.2, 0) is 5.41 Å². The van der Waals surface area contributed by atoms with Crippen molar-refractivity contribution in [2.75, 3.05) is 4.90 Å². The number of benzene rings is 10. The molecule has 12 aromatic rings. The predicted octanol–water partition coefficient (Wildman–Crippen LogP) is 15.5. The van der Waals surface area contributed by atoms with E-state index in [2.05, 4.69) is 251 Å². The molecule has 0 unspecified atom stereocenters. The lowest BCUT2D eigenvalue weighted by molar-refractivity contribution is 0.768. The van der Waals surface area contributed by atoms with Gasteiger partial charge in [0.1, 0.15) is 0 Å². The highest BCUT2D eigenvalue weighted by molar-refractivity contribution is 6.09. The molecule has 0 saturated heterocycles. The zero-order valence-electron chi connectivity index (χ0n) is 37.1. The molecule has 2 aromatic heterocycles. The second-order valence-corrected chi connectivity index (χ2v) is 17.4. The van der Waals surface area contributed by atoms with Gasteiger partial charge in [-0.1, -0.05) is 176 Å². The highest BCUT2D eigenvalue weighted by Gasteiger charge is 2.46. The van der Waals surface area contributed by atoms with Gasteiger partial charge in [-0.15, -0.1) is 10.2 Å². The third-order valence-electron chi connectivity index (χ3n) is 13.7. The zero-order chi connectivity index (χ0) is 45.0. The number of para-hydroxylation sites is 3. The summed E-state index contributed by atoms with van der Waals surface area (Å²) in [5, 5.41) is 12.1. The van der Waals surface area contributed by atoms with Crippen LogP contribution in [0.25, 0.3) is 67.1 Å². The summed E-state index contributed by atoms with van der Waals surface area (Å²) in [5.41, 5.74) is 16.5. The highest BCUT2D eigenvalue weighted by atomic mass is 15.3. The van der Waals surface area contributed by atoms with Gasteiger partial charge in [0, 0.05) is 50.3 Å². The monoisotopic (exact) mass is 869 g/mol. The summed E-state index contributed by atoms with van der Waals surface area (Å²) < 4.78 is 4.53. The van der Waals surface area contributed by atoms with E-state index in [0.717, 1.165) is 51.2 Å². The first-order valence-corrected chi connectivity index (χ1v) is 23.2. The van der Waals surface area contributed by atoms with E-state index in [4.69, 9.17) is 10.2 Å². The summed E-state index contributed by atoms with van der Waals surface area (Å²) in [7, 11) is 0. The lowest BCUT2D eigenvalue weighted by atomic mass is 9.67. The second-order valence-electron chi connectivity index (χ2n) is 17.4. The van der Waals surface area contributed by atoms with Crippen molar-refractivity contribution in [1.29, 1.82) is 0 Å². The molecule has 0 fully saturated rings. The van der Waals surface area contributed by atoms with Crippen molar-refractivity contribution >= 4 is 38.9 Å². The van der Waals surface area contributed by atoms with Crippen molar-refractivity contribution in [1.82, 2.24) is 19.3 Å². The summed E-state index contributed by atoms with van der Waals surface area (Å²) in [4.78, 5) is 2.39. The van der Waals surface area contributed by atoms with Crippen LogP contribution < -0.4 is 4.90 Å². The van der Waals surface area contributed by atoms with Crippen molar-refractivity contribution < 1.29 is 0 Å². The Balaban J connectivity index is 0.998. The zero-order valence-corrected chi connectivity index (χ0v) is 37.1. The van der Waals surface area contributed by atoms with E-state index in [1.54, 1.807) is 0 Å². The standard InChI is InChI=1S/C63H43N5/c1-5-19-44(20-6-1)61-64-65-62(68(61)48-25-11-4-12-26-48)45-33-35-49(36-34-45)66(50-37-39-51(40-38-50)67-59-31-17-14-28-55(59)56-29-15-18-32-60(56)67)52-41-42-54-53-27-13-16-30-57(53)63(58(54)43-52,46-21-7-2-8-22-46)47-23-9-3-10-24-47/h1-43H. The molecule has 10 aromatic carbocycles. The van der Waals surface area contributed by atoms with E-state index in [9.17, 15) is 0 Å². The van der Waals surface area contributed by atoms with Crippen molar-refractivity contribution in [3.05, 3.63) is 283 Å². The van der Waals surface area contributed by atoms with Crippen LogP contribution in [0.15, 0.2) is 261 Å². The molecule has 0 saturated carbocycles. The lowest BCUT2D eigenvalue weighted by Gasteiger charge is -2.35. The molecule has 5 heteroatoms. The van der Waals surface area contributed by atoms with Gasteiger partial charge < -0.3 is 9.47 Å². The van der Waals surface area contributed by atoms with Gasteiger partial charge >= 0.3 is 0 Å². The van der Waals surface area contributed by atoms with E-state index in [-0.39, 0.29) is 0 Å². The summed E-state index contributed by atoms with van der Waals surface area (Å²) in [6, 6.07) is 93.8. The van der Waals surface area contributed by atoms with Crippen LogP contribution in [0.2, 0.25) is 0 Å². The number of rotatable bonds is 9. The normalized spacial score (nSPS) is 12.5. The molecule has 0 bridgehead atoms. The Kier molecular flexibility index (Phi) is 9.32. The predicted molar refractivity (Wildman–Crippen MR) is 279 cm³/mol. The molecule has 0 amide bonds. The summed E-state index contributed by atoms with van der Waals surface area (Å²) >= 11 is 0. The van der Waals surface area contributed by atoms with Crippen molar-refractivity contribution in [3.8, 4) is 45.3 Å². The third kappa shape index (κ3) is 6.17. The average molecular weight is 870 g/mol. The van der Waals surface area contributed by atoms with E-state index < -0.39 is 5.41 Å². The molecule has 1 aliphatic rings. The maximum absolute atomic E-state index is 4.84. The summed E-state index contributed by atoms with van der Waals surface area (Å²) in [5.74, 6) is 1.56. The van der Waals surface area contributed by atoms with Crippen LogP contribution in [0.3, 0.4) is 0 Å². The van der Waals surface area contributed by atoms with Crippen LogP contribution in [0, 0.1) is 0 Å². The molecule has 0 spiro atoms. The Labute approximate surface area is 395 Å². The Morgan fingerprint density at radius 3 is 1.37 bits per heavy atom. The number of fused-ring (bicyclic) bond motifs is 6. The van der Waals surface area contributed by atoms with Gasteiger partial charge in [-0.25, -0.2) is 0 Å². The fourth-order valence-electron chi connectivity index (χ4n) is 10.8. The number of aromatic nitrogens is 4. The van der Waals surface area contributed by atoms with Crippen molar-refractivity contribution in [2.45, 2.75) is 5.41 Å². The Hall–Kier alpha value is -9.06. The van der Waals surface area contributed by atoms with Gasteiger partial charge in [0.25, 0.3) is 0 Å². The molecule has 320 valence electrons. The van der Waals surface area contributed by atoms with Crippen LogP contribution in [0.1, 0.15) is 22.3 Å². The van der Waals surface area contributed by atoms with E-state index in [0.29, 0.717) is 0 Å². The minimum Gasteiger partial charge on any atom is -0.310 e. The van der Waals surface area contributed by atoms with Gasteiger partial charge in [-0.05, 0) is 118 Å². The maximum atomic E-state index is 4.84. The van der Waals surface area contributed by atoms with E-state index >= 15 is 0 Å². The molecule has 5 nitrogen and oxygen atoms in total. The first-order valence-electron chi connectivity index (χ1n) is 23.2. The minimum atomic E-state index is -0.543. The molecular weight excluding hydrogens is 827 g/mol. The Morgan fingerprint density at radius 1 is 0.324 bits per heavy atom. The molecule has 0 N–H and O–H groups in total. The molecular formula is C63H43N5. The van der Waals surface area contributed by atoms with Crippen molar-refractivity contribution in [2.24, 2.45) is 0 Å². The van der Waals surface area contributed by atoms with Crippen molar-refractivity contribution in [3.63, 3.8) is 0 Å². The summed E-state index contributed by atoms with van der Waals surface area (Å²) in [6.45, 7) is 0. The molecule has 68 heavy (non-hydrogen) atoms.